The van der Waals surface area contributed by atoms with E-state index in [4.69, 9.17) is 14.8 Å². The van der Waals surface area contributed by atoms with Crippen LogP contribution in [0.15, 0.2) is 0 Å². The second kappa shape index (κ2) is 12.9. The topological polar surface area (TPSA) is 44.8 Å². The van der Waals surface area contributed by atoms with Crippen LogP contribution in [-0.4, -0.2) is 11.6 Å². The highest BCUT2D eigenvalue weighted by molar-refractivity contribution is 5.71. The van der Waals surface area contributed by atoms with E-state index < -0.39 is 5.60 Å². The standard InChI is InChI=1S/C18H36O4/c1-6-9-11-12-14-16(13-10-7-2)17(19)20-22-21-18(4,5)15-8-3/h16H,6-15H2,1-5H3. The zero-order valence-electron chi connectivity index (χ0n) is 15.3. The highest BCUT2D eigenvalue weighted by atomic mass is 17.5. The lowest BCUT2D eigenvalue weighted by molar-refractivity contribution is -0.518. The van der Waals surface area contributed by atoms with Crippen LogP contribution in [0.1, 0.15) is 98.8 Å². The molecule has 132 valence electrons. The molecular formula is C18H36O4. The van der Waals surface area contributed by atoms with Gasteiger partial charge in [-0.25, -0.2) is 4.79 Å². The Kier molecular flexibility index (Phi) is 12.5. The third-order valence-electron chi connectivity index (χ3n) is 3.87. The average Bonchev–Trinajstić information content (AvgIpc) is 2.46. The van der Waals surface area contributed by atoms with E-state index in [2.05, 4.69) is 20.8 Å². The minimum atomic E-state index is -0.435. The molecule has 0 radical (unpaired) electrons. The molecule has 0 aromatic carbocycles. The normalized spacial score (nSPS) is 13.1. The van der Waals surface area contributed by atoms with Crippen LogP contribution >= 0.6 is 0 Å². The maximum absolute atomic E-state index is 12.1. The van der Waals surface area contributed by atoms with Gasteiger partial charge in [-0.1, -0.05) is 65.7 Å². The minimum absolute atomic E-state index is 0.0744. The summed E-state index contributed by atoms with van der Waals surface area (Å²) in [6, 6.07) is 0. The van der Waals surface area contributed by atoms with Crippen molar-refractivity contribution in [3.63, 3.8) is 0 Å². The summed E-state index contributed by atoms with van der Waals surface area (Å²) in [6.07, 6.45) is 10.4. The van der Waals surface area contributed by atoms with E-state index in [1.165, 1.54) is 19.3 Å². The third-order valence-corrected chi connectivity index (χ3v) is 3.87. The minimum Gasteiger partial charge on any atom is -0.269 e. The summed E-state index contributed by atoms with van der Waals surface area (Å²) in [4.78, 5) is 22.2. The quantitative estimate of drug-likeness (QED) is 0.232. The number of carbonyl (C=O) groups excluding carboxylic acids is 1. The van der Waals surface area contributed by atoms with Gasteiger partial charge in [-0.3, -0.25) is 4.89 Å². The Morgan fingerprint density at radius 3 is 2.14 bits per heavy atom. The van der Waals surface area contributed by atoms with Gasteiger partial charge in [0.05, 0.1) is 5.92 Å². The molecule has 0 bridgehead atoms. The Morgan fingerprint density at radius 1 is 0.909 bits per heavy atom. The van der Waals surface area contributed by atoms with Crippen LogP contribution in [0, 0.1) is 5.92 Å². The van der Waals surface area contributed by atoms with Crippen molar-refractivity contribution >= 4 is 5.97 Å². The van der Waals surface area contributed by atoms with Crippen molar-refractivity contribution in [2.75, 3.05) is 0 Å². The van der Waals surface area contributed by atoms with Crippen molar-refractivity contribution in [1.82, 2.24) is 0 Å². The fraction of sp³-hybridized carbons (Fsp3) is 0.944. The monoisotopic (exact) mass is 316 g/mol. The van der Waals surface area contributed by atoms with Gasteiger partial charge >= 0.3 is 5.97 Å². The number of hydrogen-bond acceptors (Lipinski definition) is 4. The summed E-state index contributed by atoms with van der Waals surface area (Å²) < 4.78 is 0. The van der Waals surface area contributed by atoms with Gasteiger partial charge in [0.2, 0.25) is 0 Å². The van der Waals surface area contributed by atoms with Crippen LogP contribution in [0.25, 0.3) is 0 Å². The SMILES string of the molecule is CCCCCCC(CCCC)C(=O)OOOC(C)(C)CCC. The molecule has 0 aliphatic rings. The van der Waals surface area contributed by atoms with Gasteiger partial charge < -0.3 is 0 Å². The Bertz CT molecular complexity index is 276. The lowest BCUT2D eigenvalue weighted by Crippen LogP contribution is -2.26. The van der Waals surface area contributed by atoms with Gasteiger partial charge in [0.25, 0.3) is 0 Å². The fourth-order valence-corrected chi connectivity index (χ4v) is 2.50. The van der Waals surface area contributed by atoms with Crippen LogP contribution in [0.2, 0.25) is 0 Å². The molecule has 0 rings (SSSR count). The molecule has 0 saturated heterocycles. The molecule has 0 amide bonds. The molecule has 0 aliphatic heterocycles. The van der Waals surface area contributed by atoms with Gasteiger partial charge in [-0.15, -0.1) is 0 Å². The Hall–Kier alpha value is -0.610. The van der Waals surface area contributed by atoms with Crippen molar-refractivity contribution in [2.45, 2.75) is 104 Å². The Morgan fingerprint density at radius 2 is 1.55 bits per heavy atom. The second-order valence-corrected chi connectivity index (χ2v) is 6.75. The summed E-state index contributed by atoms with van der Waals surface area (Å²) in [7, 11) is 0. The first-order valence-electron chi connectivity index (χ1n) is 9.03. The van der Waals surface area contributed by atoms with Crippen LogP contribution in [0.5, 0.6) is 0 Å². The van der Waals surface area contributed by atoms with Crippen molar-refractivity contribution < 1.29 is 19.6 Å². The summed E-state index contributed by atoms with van der Waals surface area (Å²) >= 11 is 0. The highest BCUT2D eigenvalue weighted by Crippen LogP contribution is 2.21. The van der Waals surface area contributed by atoms with Crippen LogP contribution in [-0.2, 0) is 19.6 Å². The molecule has 0 aromatic heterocycles. The van der Waals surface area contributed by atoms with Crippen molar-refractivity contribution in [2.24, 2.45) is 5.92 Å². The summed E-state index contributed by atoms with van der Waals surface area (Å²) in [6.45, 7) is 10.2. The second-order valence-electron chi connectivity index (χ2n) is 6.75. The first kappa shape index (κ1) is 21.4. The molecule has 0 fully saturated rings. The Labute approximate surface area is 136 Å². The molecule has 1 atom stereocenters. The van der Waals surface area contributed by atoms with Gasteiger partial charge in [0, 0.05) is 0 Å². The maximum atomic E-state index is 12.1. The van der Waals surface area contributed by atoms with Gasteiger partial charge in [-0.05, 0) is 38.1 Å². The lowest BCUT2D eigenvalue weighted by Gasteiger charge is -2.21. The number of carbonyl (C=O) groups is 1. The molecule has 0 spiro atoms. The molecule has 0 N–H and O–H groups in total. The summed E-state index contributed by atoms with van der Waals surface area (Å²) in [5.74, 6) is -0.369. The molecule has 0 aliphatic carbocycles. The van der Waals surface area contributed by atoms with Crippen LogP contribution in [0.3, 0.4) is 0 Å². The van der Waals surface area contributed by atoms with E-state index in [9.17, 15) is 4.79 Å². The first-order chi connectivity index (χ1) is 10.5. The molecule has 0 heterocycles. The van der Waals surface area contributed by atoms with Crippen LogP contribution < -0.4 is 0 Å². The number of unbranched alkanes of at least 4 members (excludes halogenated alkanes) is 4. The predicted molar refractivity (Wildman–Crippen MR) is 89.0 cm³/mol. The zero-order chi connectivity index (χ0) is 16.8. The number of rotatable bonds is 14. The number of hydrogen-bond donors (Lipinski definition) is 0. The van der Waals surface area contributed by atoms with E-state index in [0.29, 0.717) is 0 Å². The third kappa shape index (κ3) is 11.0. The molecule has 4 nitrogen and oxygen atoms in total. The molecular weight excluding hydrogens is 280 g/mol. The van der Waals surface area contributed by atoms with Gasteiger partial charge in [0.1, 0.15) is 5.60 Å². The van der Waals surface area contributed by atoms with E-state index in [1.807, 2.05) is 13.8 Å². The molecule has 0 aromatic rings. The highest BCUT2D eigenvalue weighted by Gasteiger charge is 2.23. The van der Waals surface area contributed by atoms with Gasteiger partial charge in [-0.2, -0.15) is 4.89 Å². The van der Waals surface area contributed by atoms with Crippen molar-refractivity contribution in [1.29, 1.82) is 0 Å². The smallest absolute Gasteiger partial charge is 0.269 e. The average molecular weight is 316 g/mol. The molecule has 0 saturated carbocycles. The van der Waals surface area contributed by atoms with Crippen molar-refractivity contribution in [3.05, 3.63) is 0 Å². The zero-order valence-corrected chi connectivity index (χ0v) is 15.3. The molecule has 4 heteroatoms. The molecule has 1 unspecified atom stereocenters. The molecule has 22 heavy (non-hydrogen) atoms. The van der Waals surface area contributed by atoms with Crippen molar-refractivity contribution in [3.8, 4) is 0 Å². The first-order valence-corrected chi connectivity index (χ1v) is 9.03. The summed E-state index contributed by atoms with van der Waals surface area (Å²) in [5, 5.41) is 4.75. The van der Waals surface area contributed by atoms with E-state index in [1.54, 1.807) is 0 Å². The van der Waals surface area contributed by atoms with E-state index >= 15 is 0 Å². The van der Waals surface area contributed by atoms with Crippen LogP contribution in [0.4, 0.5) is 0 Å². The van der Waals surface area contributed by atoms with E-state index in [0.717, 1.165) is 44.9 Å². The van der Waals surface area contributed by atoms with E-state index in [-0.39, 0.29) is 11.9 Å². The van der Waals surface area contributed by atoms with Gasteiger partial charge in [0.15, 0.2) is 0 Å². The Balaban J connectivity index is 4.14. The predicted octanol–water partition coefficient (Wildman–Crippen LogP) is 5.75. The fourth-order valence-electron chi connectivity index (χ4n) is 2.50. The maximum Gasteiger partial charge on any atom is 0.348 e. The lowest BCUT2D eigenvalue weighted by atomic mass is 9.95. The largest absolute Gasteiger partial charge is 0.348 e. The summed E-state index contributed by atoms with van der Waals surface area (Å²) in [5.41, 5.74) is -0.435.